The zero-order valence-electron chi connectivity index (χ0n) is 16.0. The molecule has 5 nitrogen and oxygen atoms in total. The van der Waals surface area contributed by atoms with E-state index in [1.807, 2.05) is 12.1 Å². The number of nitrogens with zero attached hydrogens (tertiary/aromatic N) is 1. The van der Waals surface area contributed by atoms with Gasteiger partial charge in [0.1, 0.15) is 24.7 Å². The van der Waals surface area contributed by atoms with E-state index < -0.39 is 0 Å². The highest BCUT2D eigenvalue weighted by Crippen LogP contribution is 2.33. The van der Waals surface area contributed by atoms with Crippen molar-refractivity contribution < 1.29 is 9.47 Å². The molecule has 0 saturated heterocycles. The molecule has 0 bridgehead atoms. The van der Waals surface area contributed by atoms with E-state index in [-0.39, 0.29) is 0 Å². The molecule has 0 aliphatic rings. The van der Waals surface area contributed by atoms with Gasteiger partial charge in [-0.3, -0.25) is 0 Å². The van der Waals surface area contributed by atoms with Gasteiger partial charge in [0.15, 0.2) is 0 Å². The molecule has 0 saturated carbocycles. The molecule has 0 fully saturated rings. The lowest BCUT2D eigenvalue weighted by molar-refractivity contribution is 0.315. The summed E-state index contributed by atoms with van der Waals surface area (Å²) in [6.45, 7) is 9.17. The van der Waals surface area contributed by atoms with Crippen LogP contribution in [-0.2, 0) is 7.05 Å². The molecule has 0 spiro atoms. The zero-order chi connectivity index (χ0) is 18.4. The van der Waals surface area contributed by atoms with Gasteiger partial charge in [-0.1, -0.05) is 13.8 Å². The SMILES string of the molecule is CCNCCOc1ccc2c(c1)c1cc(OCCNCC)ccc1n2C. The Bertz CT molecular complexity index is 788. The van der Waals surface area contributed by atoms with Crippen LogP contribution < -0.4 is 20.1 Å². The molecule has 140 valence electrons. The van der Waals surface area contributed by atoms with Crippen LogP contribution in [-0.4, -0.2) is 44.0 Å². The minimum atomic E-state index is 0.670. The van der Waals surface area contributed by atoms with E-state index in [0.717, 1.165) is 37.7 Å². The summed E-state index contributed by atoms with van der Waals surface area (Å²) in [6.07, 6.45) is 0. The van der Waals surface area contributed by atoms with Crippen LogP contribution in [0.3, 0.4) is 0 Å². The van der Waals surface area contributed by atoms with Gasteiger partial charge in [-0.2, -0.15) is 0 Å². The predicted octanol–water partition coefficient (Wildman–Crippen LogP) is 3.31. The van der Waals surface area contributed by atoms with Gasteiger partial charge in [-0.15, -0.1) is 0 Å². The van der Waals surface area contributed by atoms with Gasteiger partial charge in [0.2, 0.25) is 0 Å². The van der Waals surface area contributed by atoms with Crippen molar-refractivity contribution in [2.45, 2.75) is 13.8 Å². The first-order valence-corrected chi connectivity index (χ1v) is 9.43. The Labute approximate surface area is 155 Å². The second-order valence-electron chi connectivity index (χ2n) is 6.32. The van der Waals surface area contributed by atoms with Gasteiger partial charge in [0.25, 0.3) is 0 Å². The Morgan fingerprint density at radius 2 is 1.23 bits per heavy atom. The molecule has 0 radical (unpaired) electrons. The van der Waals surface area contributed by atoms with Gasteiger partial charge in [0, 0.05) is 41.9 Å². The molecule has 26 heavy (non-hydrogen) atoms. The number of ether oxygens (including phenoxy) is 2. The van der Waals surface area contributed by atoms with Crippen LogP contribution in [0.4, 0.5) is 0 Å². The number of likely N-dealkylation sites (N-methyl/N-ethyl adjacent to an activating group) is 2. The van der Waals surface area contributed by atoms with E-state index in [2.05, 4.69) is 60.4 Å². The first-order valence-electron chi connectivity index (χ1n) is 9.43. The van der Waals surface area contributed by atoms with Gasteiger partial charge in [-0.05, 0) is 49.5 Å². The highest BCUT2D eigenvalue weighted by Gasteiger charge is 2.10. The first kappa shape index (κ1) is 18.5. The number of nitrogens with one attached hydrogen (secondary N) is 2. The van der Waals surface area contributed by atoms with Crippen molar-refractivity contribution >= 4 is 21.8 Å². The van der Waals surface area contributed by atoms with Crippen molar-refractivity contribution in [3.63, 3.8) is 0 Å². The number of hydrogen-bond acceptors (Lipinski definition) is 4. The quantitative estimate of drug-likeness (QED) is 0.548. The molecule has 2 N–H and O–H groups in total. The summed E-state index contributed by atoms with van der Waals surface area (Å²) in [7, 11) is 2.10. The fourth-order valence-corrected chi connectivity index (χ4v) is 3.19. The standard InChI is InChI=1S/C21H29N3O2/c1-4-22-10-12-25-16-6-8-20-18(14-16)19-15-17(26-13-11-23-5-2)7-9-21(19)24(20)3/h6-9,14-15,22-23H,4-5,10-13H2,1-3H3. The van der Waals surface area contributed by atoms with Gasteiger partial charge in [0.05, 0.1) is 0 Å². The molecule has 3 rings (SSSR count). The van der Waals surface area contributed by atoms with Crippen LogP contribution in [0.5, 0.6) is 11.5 Å². The Morgan fingerprint density at radius 1 is 0.769 bits per heavy atom. The van der Waals surface area contributed by atoms with E-state index in [1.54, 1.807) is 0 Å². The molecule has 0 amide bonds. The maximum Gasteiger partial charge on any atom is 0.120 e. The Morgan fingerprint density at radius 3 is 1.65 bits per heavy atom. The summed E-state index contributed by atoms with van der Waals surface area (Å²) in [5.41, 5.74) is 2.40. The molecule has 0 aliphatic heterocycles. The van der Waals surface area contributed by atoms with E-state index >= 15 is 0 Å². The fourth-order valence-electron chi connectivity index (χ4n) is 3.19. The molecule has 0 aliphatic carbocycles. The maximum absolute atomic E-state index is 5.89. The van der Waals surface area contributed by atoms with Crippen molar-refractivity contribution in [1.29, 1.82) is 0 Å². The lowest BCUT2D eigenvalue weighted by atomic mass is 10.1. The van der Waals surface area contributed by atoms with Gasteiger partial charge >= 0.3 is 0 Å². The average Bonchev–Trinajstić information content (AvgIpc) is 2.94. The number of aryl methyl sites for hydroxylation is 1. The Balaban J connectivity index is 1.84. The molecule has 5 heteroatoms. The van der Waals surface area contributed by atoms with Crippen LogP contribution in [0.1, 0.15) is 13.8 Å². The van der Waals surface area contributed by atoms with Crippen molar-refractivity contribution in [2.24, 2.45) is 7.05 Å². The number of rotatable bonds is 10. The van der Waals surface area contributed by atoms with Crippen molar-refractivity contribution in [1.82, 2.24) is 15.2 Å². The van der Waals surface area contributed by atoms with Crippen molar-refractivity contribution in [3.05, 3.63) is 36.4 Å². The Hall–Kier alpha value is -2.24. The normalized spacial score (nSPS) is 11.3. The van der Waals surface area contributed by atoms with E-state index in [4.69, 9.17) is 9.47 Å². The van der Waals surface area contributed by atoms with E-state index in [1.165, 1.54) is 21.8 Å². The molecule has 0 atom stereocenters. The van der Waals surface area contributed by atoms with Crippen LogP contribution in [0, 0.1) is 0 Å². The zero-order valence-corrected chi connectivity index (χ0v) is 16.0. The summed E-state index contributed by atoms with van der Waals surface area (Å²) in [5, 5.41) is 8.94. The highest BCUT2D eigenvalue weighted by molar-refractivity contribution is 6.08. The van der Waals surface area contributed by atoms with Gasteiger partial charge < -0.3 is 24.7 Å². The maximum atomic E-state index is 5.89. The molecule has 1 heterocycles. The monoisotopic (exact) mass is 355 g/mol. The molecule has 3 aromatic rings. The highest BCUT2D eigenvalue weighted by atomic mass is 16.5. The first-order chi connectivity index (χ1) is 12.7. The summed E-state index contributed by atoms with van der Waals surface area (Å²) in [5.74, 6) is 1.81. The molecule has 1 aromatic heterocycles. The summed E-state index contributed by atoms with van der Waals surface area (Å²) in [4.78, 5) is 0. The third kappa shape index (κ3) is 4.11. The summed E-state index contributed by atoms with van der Waals surface area (Å²) < 4.78 is 14.0. The minimum Gasteiger partial charge on any atom is -0.492 e. The number of fused-ring (bicyclic) bond motifs is 3. The average molecular weight is 355 g/mol. The third-order valence-electron chi connectivity index (χ3n) is 4.54. The Kier molecular flexibility index (Phi) is 6.36. The largest absolute Gasteiger partial charge is 0.492 e. The van der Waals surface area contributed by atoms with Crippen LogP contribution >= 0.6 is 0 Å². The summed E-state index contributed by atoms with van der Waals surface area (Å²) in [6, 6.07) is 12.6. The molecular formula is C21H29N3O2. The number of aromatic nitrogens is 1. The van der Waals surface area contributed by atoms with Crippen molar-refractivity contribution in [2.75, 3.05) is 39.4 Å². The van der Waals surface area contributed by atoms with Crippen LogP contribution in [0.15, 0.2) is 36.4 Å². The lowest BCUT2D eigenvalue weighted by Crippen LogP contribution is -2.20. The molecule has 0 unspecified atom stereocenters. The molecule has 2 aromatic carbocycles. The summed E-state index contributed by atoms with van der Waals surface area (Å²) >= 11 is 0. The van der Waals surface area contributed by atoms with Crippen LogP contribution in [0.25, 0.3) is 21.8 Å². The smallest absolute Gasteiger partial charge is 0.120 e. The molecular weight excluding hydrogens is 326 g/mol. The topological polar surface area (TPSA) is 47.4 Å². The van der Waals surface area contributed by atoms with Crippen LogP contribution in [0.2, 0.25) is 0 Å². The minimum absolute atomic E-state index is 0.670. The lowest BCUT2D eigenvalue weighted by Gasteiger charge is -2.07. The third-order valence-corrected chi connectivity index (χ3v) is 4.54. The number of hydrogen-bond donors (Lipinski definition) is 2. The van der Waals surface area contributed by atoms with Gasteiger partial charge in [-0.25, -0.2) is 0 Å². The van der Waals surface area contributed by atoms with E-state index in [9.17, 15) is 0 Å². The van der Waals surface area contributed by atoms with Crippen molar-refractivity contribution in [3.8, 4) is 11.5 Å². The second kappa shape index (κ2) is 8.92. The fraction of sp³-hybridized carbons (Fsp3) is 0.429. The van der Waals surface area contributed by atoms with E-state index in [0.29, 0.717) is 13.2 Å². The second-order valence-corrected chi connectivity index (χ2v) is 6.32. The number of benzene rings is 2. The predicted molar refractivity (Wildman–Crippen MR) is 109 cm³/mol.